The standard InChI is InChI=1S/C49H33N3/c1-3-11-40(12-4-1)51(47-16-7-8-31-50-47)42-26-20-34(21-27-42)17-18-35-19-22-38-33-39(24-23-37(38)32-35)43-29-30-46-49-44(43)28-25-36-10-9-15-45(48(36)49)52(46)41-13-5-2-6-14-41/h1-33H/b18-17+. The van der Waals surface area contributed by atoms with E-state index in [4.69, 9.17) is 0 Å². The maximum atomic E-state index is 4.63. The first kappa shape index (κ1) is 29.9. The Labute approximate surface area is 302 Å². The first-order valence-corrected chi connectivity index (χ1v) is 17.7. The van der Waals surface area contributed by atoms with Crippen molar-refractivity contribution in [1.82, 2.24) is 9.55 Å². The largest absolute Gasteiger partial charge is 0.309 e. The molecule has 10 rings (SSSR count). The van der Waals surface area contributed by atoms with Crippen molar-refractivity contribution >= 4 is 72.7 Å². The molecule has 0 saturated heterocycles. The third-order valence-electron chi connectivity index (χ3n) is 10.2. The molecule has 52 heavy (non-hydrogen) atoms. The summed E-state index contributed by atoms with van der Waals surface area (Å²) in [5, 5.41) is 7.67. The van der Waals surface area contributed by atoms with Gasteiger partial charge in [0.25, 0.3) is 0 Å². The van der Waals surface area contributed by atoms with Gasteiger partial charge in [-0.05, 0) is 117 Å². The van der Waals surface area contributed by atoms with Crippen molar-refractivity contribution in [3.8, 4) is 16.8 Å². The average Bonchev–Trinajstić information content (AvgIpc) is 3.56. The van der Waals surface area contributed by atoms with Crippen LogP contribution in [0, 0.1) is 0 Å². The van der Waals surface area contributed by atoms with E-state index >= 15 is 0 Å². The van der Waals surface area contributed by atoms with Crippen molar-refractivity contribution in [3.05, 3.63) is 199 Å². The van der Waals surface area contributed by atoms with Crippen LogP contribution < -0.4 is 4.90 Å². The van der Waals surface area contributed by atoms with Gasteiger partial charge in [0.05, 0.1) is 11.0 Å². The van der Waals surface area contributed by atoms with E-state index in [2.05, 4.69) is 184 Å². The first-order chi connectivity index (χ1) is 25.8. The molecule has 3 nitrogen and oxygen atoms in total. The minimum Gasteiger partial charge on any atom is -0.309 e. The number of benzene rings is 8. The molecule has 2 heterocycles. The van der Waals surface area contributed by atoms with Crippen LogP contribution in [0.1, 0.15) is 11.1 Å². The number of para-hydroxylation sites is 2. The van der Waals surface area contributed by atoms with Gasteiger partial charge in [-0.3, -0.25) is 4.90 Å². The highest BCUT2D eigenvalue weighted by Crippen LogP contribution is 2.43. The third-order valence-corrected chi connectivity index (χ3v) is 10.2. The Morgan fingerprint density at radius 3 is 1.98 bits per heavy atom. The number of hydrogen-bond donors (Lipinski definition) is 0. The Balaban J connectivity index is 0.958. The normalized spacial score (nSPS) is 11.8. The molecule has 0 saturated carbocycles. The highest BCUT2D eigenvalue weighted by atomic mass is 15.2. The van der Waals surface area contributed by atoms with Crippen LogP contribution in [-0.4, -0.2) is 9.55 Å². The van der Waals surface area contributed by atoms with Crippen LogP contribution in [0.4, 0.5) is 17.2 Å². The average molecular weight is 664 g/mol. The van der Waals surface area contributed by atoms with Crippen LogP contribution in [0.15, 0.2) is 188 Å². The zero-order valence-electron chi connectivity index (χ0n) is 28.4. The van der Waals surface area contributed by atoms with Crippen molar-refractivity contribution in [2.45, 2.75) is 0 Å². The number of hydrogen-bond acceptors (Lipinski definition) is 2. The maximum Gasteiger partial charge on any atom is 0.137 e. The predicted molar refractivity (Wildman–Crippen MR) is 220 cm³/mol. The summed E-state index contributed by atoms with van der Waals surface area (Å²) in [6.45, 7) is 0. The summed E-state index contributed by atoms with van der Waals surface area (Å²) in [5.41, 5.74) is 10.6. The highest BCUT2D eigenvalue weighted by molar-refractivity contribution is 6.26. The fourth-order valence-corrected chi connectivity index (χ4v) is 7.73. The van der Waals surface area contributed by atoms with Crippen molar-refractivity contribution in [2.24, 2.45) is 0 Å². The van der Waals surface area contributed by atoms with Crippen LogP contribution in [0.5, 0.6) is 0 Å². The number of anilines is 3. The molecule has 0 spiro atoms. The van der Waals surface area contributed by atoms with E-state index in [1.54, 1.807) is 0 Å². The minimum atomic E-state index is 0.887. The summed E-state index contributed by atoms with van der Waals surface area (Å²) in [6, 6.07) is 65.1. The zero-order chi connectivity index (χ0) is 34.4. The Morgan fingerprint density at radius 1 is 0.462 bits per heavy atom. The van der Waals surface area contributed by atoms with Gasteiger partial charge < -0.3 is 4.57 Å². The number of rotatable bonds is 7. The molecule has 0 aliphatic rings. The monoisotopic (exact) mass is 663 g/mol. The maximum absolute atomic E-state index is 4.63. The Hall–Kier alpha value is -6.97. The van der Waals surface area contributed by atoms with E-state index in [1.165, 1.54) is 65.7 Å². The van der Waals surface area contributed by atoms with Gasteiger partial charge in [0.2, 0.25) is 0 Å². The molecule has 0 atom stereocenters. The molecule has 244 valence electrons. The van der Waals surface area contributed by atoms with Gasteiger partial charge in [0.15, 0.2) is 0 Å². The molecule has 0 N–H and O–H groups in total. The van der Waals surface area contributed by atoms with Gasteiger partial charge in [0.1, 0.15) is 5.82 Å². The fourth-order valence-electron chi connectivity index (χ4n) is 7.73. The van der Waals surface area contributed by atoms with Crippen molar-refractivity contribution in [3.63, 3.8) is 0 Å². The molecule has 0 radical (unpaired) electrons. The summed E-state index contributed by atoms with van der Waals surface area (Å²) >= 11 is 0. The lowest BCUT2D eigenvalue weighted by molar-refractivity contribution is 1.18. The van der Waals surface area contributed by atoms with Crippen LogP contribution in [0.25, 0.3) is 72.3 Å². The lowest BCUT2D eigenvalue weighted by atomic mass is 9.93. The third kappa shape index (κ3) is 5.10. The van der Waals surface area contributed by atoms with E-state index in [1.807, 2.05) is 30.5 Å². The molecule has 3 heteroatoms. The lowest BCUT2D eigenvalue weighted by Gasteiger charge is -2.24. The van der Waals surface area contributed by atoms with Gasteiger partial charge in [-0.1, -0.05) is 121 Å². The van der Waals surface area contributed by atoms with Gasteiger partial charge in [-0.15, -0.1) is 0 Å². The molecule has 0 amide bonds. The first-order valence-electron chi connectivity index (χ1n) is 17.7. The van der Waals surface area contributed by atoms with Crippen molar-refractivity contribution < 1.29 is 0 Å². The summed E-state index contributed by atoms with van der Waals surface area (Å²) in [5.74, 6) is 0.887. The van der Waals surface area contributed by atoms with Crippen LogP contribution in [-0.2, 0) is 0 Å². The highest BCUT2D eigenvalue weighted by Gasteiger charge is 2.19. The van der Waals surface area contributed by atoms with E-state index in [0.29, 0.717) is 0 Å². The smallest absolute Gasteiger partial charge is 0.137 e. The van der Waals surface area contributed by atoms with Crippen LogP contribution in [0.3, 0.4) is 0 Å². The Bertz CT molecular complexity index is 2830. The SMILES string of the molecule is C(=C\c1ccc2cc(-c3ccc4c5c3ccc3cccc(c35)n4-c3ccccc3)ccc2c1)/c1ccc(N(c2ccccc2)c2ccccn2)cc1. The van der Waals surface area contributed by atoms with Gasteiger partial charge >= 0.3 is 0 Å². The summed E-state index contributed by atoms with van der Waals surface area (Å²) < 4.78 is 2.40. The molecule has 0 aliphatic heterocycles. The number of nitrogens with zero attached hydrogens (tertiary/aromatic N) is 3. The van der Waals surface area contributed by atoms with Crippen LogP contribution >= 0.6 is 0 Å². The van der Waals surface area contributed by atoms with Gasteiger partial charge in [-0.2, -0.15) is 0 Å². The van der Waals surface area contributed by atoms with E-state index < -0.39 is 0 Å². The number of fused-ring (bicyclic) bond motifs is 1. The molecule has 2 aromatic heterocycles. The molecule has 0 aliphatic carbocycles. The summed E-state index contributed by atoms with van der Waals surface area (Å²) in [6.07, 6.45) is 6.21. The molecule has 0 bridgehead atoms. The van der Waals surface area contributed by atoms with Gasteiger partial charge in [0, 0.05) is 34.0 Å². The van der Waals surface area contributed by atoms with Crippen molar-refractivity contribution in [2.75, 3.05) is 4.90 Å². The number of pyridine rings is 1. The Kier molecular flexibility index (Phi) is 7.14. The molecule has 10 aromatic rings. The second-order valence-electron chi connectivity index (χ2n) is 13.3. The fraction of sp³-hybridized carbons (Fsp3) is 0. The molecular formula is C49H33N3. The van der Waals surface area contributed by atoms with Gasteiger partial charge in [-0.25, -0.2) is 4.98 Å². The Morgan fingerprint density at radius 2 is 1.15 bits per heavy atom. The zero-order valence-corrected chi connectivity index (χ0v) is 28.4. The molecular weight excluding hydrogens is 631 g/mol. The second-order valence-corrected chi connectivity index (χ2v) is 13.3. The quantitative estimate of drug-likeness (QED) is 0.125. The van der Waals surface area contributed by atoms with Crippen molar-refractivity contribution in [1.29, 1.82) is 0 Å². The predicted octanol–water partition coefficient (Wildman–Crippen LogP) is 13.2. The minimum absolute atomic E-state index is 0.887. The second kappa shape index (κ2) is 12.4. The molecule has 0 unspecified atom stereocenters. The number of aromatic nitrogens is 2. The topological polar surface area (TPSA) is 21.1 Å². The summed E-state index contributed by atoms with van der Waals surface area (Å²) in [4.78, 5) is 6.81. The van der Waals surface area contributed by atoms with E-state index in [-0.39, 0.29) is 0 Å². The molecule has 0 fully saturated rings. The molecule has 8 aromatic carbocycles. The lowest BCUT2D eigenvalue weighted by Crippen LogP contribution is -2.11. The summed E-state index contributed by atoms with van der Waals surface area (Å²) in [7, 11) is 0. The van der Waals surface area contributed by atoms with Crippen LogP contribution in [0.2, 0.25) is 0 Å². The van der Waals surface area contributed by atoms with E-state index in [9.17, 15) is 0 Å². The van der Waals surface area contributed by atoms with E-state index in [0.717, 1.165) is 22.8 Å².